The number of anilines is 1. The van der Waals surface area contributed by atoms with E-state index in [0.717, 1.165) is 4.68 Å². The Morgan fingerprint density at radius 2 is 2.03 bits per heavy atom. The van der Waals surface area contributed by atoms with Crippen LogP contribution in [0.5, 0.6) is 5.88 Å². The van der Waals surface area contributed by atoms with Crippen LogP contribution in [0.15, 0.2) is 40.3 Å². The van der Waals surface area contributed by atoms with E-state index in [-0.39, 0.29) is 40.8 Å². The maximum Gasteiger partial charge on any atom is 0.325 e. The molecule has 1 atom stereocenters. The summed E-state index contributed by atoms with van der Waals surface area (Å²) in [5, 5.41) is 4.33. The first-order valence-electron chi connectivity index (χ1n) is 10.7. The van der Waals surface area contributed by atoms with Crippen LogP contribution in [0.3, 0.4) is 0 Å². The first-order chi connectivity index (χ1) is 17.1. The number of nitrogens with zero attached hydrogens (tertiary/aromatic N) is 6. The Bertz CT molecular complexity index is 1550. The summed E-state index contributed by atoms with van der Waals surface area (Å²) in [4.78, 5) is 41.5. The molecule has 0 aliphatic carbocycles. The molecule has 188 valence electrons. The fourth-order valence-electron chi connectivity index (χ4n) is 3.94. The van der Waals surface area contributed by atoms with E-state index < -0.39 is 42.8 Å². The van der Waals surface area contributed by atoms with Gasteiger partial charge in [-0.15, -0.1) is 0 Å². The molecule has 1 saturated heterocycles. The van der Waals surface area contributed by atoms with Crippen molar-refractivity contribution in [3.63, 3.8) is 0 Å². The molecule has 4 aromatic rings. The first-order valence-corrected chi connectivity index (χ1v) is 10.7. The van der Waals surface area contributed by atoms with Crippen molar-refractivity contribution >= 4 is 16.7 Å². The molecule has 1 fully saturated rings. The molecule has 5 heterocycles. The summed E-state index contributed by atoms with van der Waals surface area (Å²) in [5.74, 6) is -3.12. The summed E-state index contributed by atoms with van der Waals surface area (Å²) in [5.41, 5.74) is -0.929. The van der Waals surface area contributed by atoms with Gasteiger partial charge in [0.05, 0.1) is 36.1 Å². The van der Waals surface area contributed by atoms with Crippen LogP contribution >= 0.6 is 0 Å². The van der Waals surface area contributed by atoms with E-state index in [1.165, 1.54) is 42.5 Å². The highest BCUT2D eigenvalue weighted by Crippen LogP contribution is 2.34. The van der Waals surface area contributed by atoms with Gasteiger partial charge in [0, 0.05) is 29.9 Å². The van der Waals surface area contributed by atoms with Crippen molar-refractivity contribution in [2.24, 2.45) is 0 Å². The van der Waals surface area contributed by atoms with Crippen molar-refractivity contribution in [1.82, 2.24) is 34.7 Å². The number of alkyl halides is 4. The zero-order valence-corrected chi connectivity index (χ0v) is 18.6. The first kappa shape index (κ1) is 23.4. The number of halogens is 4. The van der Waals surface area contributed by atoms with Gasteiger partial charge in [-0.3, -0.25) is 14.5 Å². The molecular weight excluding hydrogens is 488 g/mol. The summed E-state index contributed by atoms with van der Waals surface area (Å²) < 4.78 is 62.0. The highest BCUT2D eigenvalue weighted by atomic mass is 19.3. The topological polar surface area (TPSA) is 135 Å². The molecule has 11 nitrogen and oxygen atoms in total. The largest absolute Gasteiger partial charge is 0.466 e. The number of nitrogens with one attached hydrogen (secondary N) is 2. The van der Waals surface area contributed by atoms with Crippen LogP contribution in [0.2, 0.25) is 0 Å². The van der Waals surface area contributed by atoms with Gasteiger partial charge in [-0.25, -0.2) is 37.3 Å². The minimum Gasteiger partial charge on any atom is -0.466 e. The van der Waals surface area contributed by atoms with Gasteiger partial charge in [-0.05, 0) is 6.92 Å². The molecule has 0 radical (unpaired) electrons. The number of ether oxygens (including phenoxy) is 1. The summed E-state index contributed by atoms with van der Waals surface area (Å²) in [6.45, 7) is -0.132. The van der Waals surface area contributed by atoms with Crippen LogP contribution in [0.4, 0.5) is 23.4 Å². The van der Waals surface area contributed by atoms with E-state index in [1.54, 1.807) is 0 Å². The van der Waals surface area contributed by atoms with E-state index in [4.69, 9.17) is 4.74 Å². The number of fused-ring (bicyclic) bond motifs is 1. The third-order valence-corrected chi connectivity index (χ3v) is 5.58. The second-order valence-corrected chi connectivity index (χ2v) is 8.19. The van der Waals surface area contributed by atoms with E-state index >= 15 is 0 Å². The Hall–Kier alpha value is -4.30. The van der Waals surface area contributed by atoms with Crippen molar-refractivity contribution in [3.05, 3.63) is 57.4 Å². The van der Waals surface area contributed by atoms with Gasteiger partial charge in [-0.2, -0.15) is 5.10 Å². The maximum atomic E-state index is 14.9. The molecule has 36 heavy (non-hydrogen) atoms. The van der Waals surface area contributed by atoms with E-state index in [1.807, 2.05) is 0 Å². The number of hydrogen-bond acceptors (Lipinski definition) is 8. The van der Waals surface area contributed by atoms with E-state index in [2.05, 4.69) is 30.0 Å². The monoisotopic (exact) mass is 506 g/mol. The van der Waals surface area contributed by atoms with E-state index in [0.29, 0.717) is 5.39 Å². The normalized spacial score (nSPS) is 17.3. The van der Waals surface area contributed by atoms with Crippen molar-refractivity contribution in [3.8, 4) is 17.1 Å². The lowest BCUT2D eigenvalue weighted by Crippen LogP contribution is -2.36. The third-order valence-electron chi connectivity index (χ3n) is 5.58. The zero-order valence-electron chi connectivity index (χ0n) is 18.6. The Morgan fingerprint density at radius 3 is 2.78 bits per heavy atom. The molecule has 0 saturated carbocycles. The quantitative estimate of drug-likeness (QED) is 0.378. The Kier molecular flexibility index (Phi) is 5.68. The Morgan fingerprint density at radius 1 is 1.22 bits per heavy atom. The zero-order chi connectivity index (χ0) is 25.6. The summed E-state index contributed by atoms with van der Waals surface area (Å²) in [7, 11) is 0. The van der Waals surface area contributed by atoms with Gasteiger partial charge in [0.15, 0.2) is 6.10 Å². The summed E-state index contributed by atoms with van der Waals surface area (Å²) >= 11 is 0. The fourth-order valence-corrected chi connectivity index (χ4v) is 3.94. The Labute approximate surface area is 198 Å². The predicted molar refractivity (Wildman–Crippen MR) is 119 cm³/mol. The lowest BCUT2D eigenvalue weighted by Gasteiger charge is -2.18. The number of hydrogen-bond donors (Lipinski definition) is 2. The molecule has 2 N–H and O–H groups in total. The smallest absolute Gasteiger partial charge is 0.325 e. The minimum atomic E-state index is -3.31. The van der Waals surface area contributed by atoms with Gasteiger partial charge < -0.3 is 14.6 Å². The maximum absolute atomic E-state index is 14.9. The van der Waals surface area contributed by atoms with Crippen LogP contribution in [-0.2, 0) is 6.54 Å². The molecular formula is C21H18F4N8O3. The van der Waals surface area contributed by atoms with Gasteiger partial charge in [-0.1, -0.05) is 0 Å². The second-order valence-electron chi connectivity index (χ2n) is 8.19. The Balaban J connectivity index is 1.41. The van der Waals surface area contributed by atoms with Crippen molar-refractivity contribution < 1.29 is 22.3 Å². The van der Waals surface area contributed by atoms with Crippen molar-refractivity contribution in [1.29, 1.82) is 0 Å². The van der Waals surface area contributed by atoms with Crippen molar-refractivity contribution in [2.45, 2.75) is 31.9 Å². The molecule has 1 aliphatic heterocycles. The molecule has 4 aromatic heterocycles. The summed E-state index contributed by atoms with van der Waals surface area (Å²) in [6.07, 6.45) is -0.428. The molecule has 0 amide bonds. The number of rotatable bonds is 6. The predicted octanol–water partition coefficient (Wildman–Crippen LogP) is 1.74. The third kappa shape index (κ3) is 4.50. The minimum absolute atomic E-state index is 0.0398. The highest BCUT2D eigenvalue weighted by Gasteiger charge is 2.50. The van der Waals surface area contributed by atoms with Gasteiger partial charge in [0.2, 0.25) is 5.88 Å². The summed E-state index contributed by atoms with van der Waals surface area (Å²) in [6, 6.07) is 2.65. The molecule has 5 rings (SSSR count). The standard InChI is InChI=1S/C21H18F4N8O3/c1-10-29-13(12-6-27-20(35)31-19(12)34)2-17(30-10)32-7-15(21(24,25)9-32)36-18-3-14-11(4-26-18)5-28-33(14)8-16(22)23/h2-6,15-16H,7-9H2,1H3,(H2,27,31,34,35)/t15-/m0/s1. The average Bonchev–Trinajstić information content (AvgIpc) is 3.32. The van der Waals surface area contributed by atoms with Crippen LogP contribution < -0.4 is 20.9 Å². The lowest BCUT2D eigenvalue weighted by molar-refractivity contribution is -0.0608. The SMILES string of the molecule is Cc1nc(-c2c[nH]c(=O)[nH]c2=O)cc(N2C[C@H](Oc3cc4c(cn3)cnn4CC(F)F)C(F)(F)C2)n1. The van der Waals surface area contributed by atoms with Crippen LogP contribution in [0.1, 0.15) is 5.82 Å². The fraction of sp³-hybridized carbons (Fsp3) is 0.333. The average molecular weight is 506 g/mol. The molecule has 1 aliphatic rings. The molecule has 0 spiro atoms. The molecule has 0 unspecified atom stereocenters. The van der Waals surface area contributed by atoms with Crippen molar-refractivity contribution in [2.75, 3.05) is 18.0 Å². The number of aromatic nitrogens is 7. The lowest BCUT2D eigenvalue weighted by atomic mass is 10.2. The van der Waals surface area contributed by atoms with Crippen LogP contribution in [0, 0.1) is 6.92 Å². The second kappa shape index (κ2) is 8.73. The number of pyridine rings is 1. The molecule has 0 aromatic carbocycles. The number of aryl methyl sites for hydroxylation is 1. The van der Waals surface area contributed by atoms with Crippen LogP contribution in [0.25, 0.3) is 22.2 Å². The van der Waals surface area contributed by atoms with Gasteiger partial charge in [0.1, 0.15) is 18.2 Å². The highest BCUT2D eigenvalue weighted by molar-refractivity contribution is 5.78. The van der Waals surface area contributed by atoms with Crippen LogP contribution in [-0.4, -0.2) is 66.2 Å². The van der Waals surface area contributed by atoms with E-state index in [9.17, 15) is 27.2 Å². The van der Waals surface area contributed by atoms with Gasteiger partial charge >= 0.3 is 11.6 Å². The molecule has 15 heteroatoms. The van der Waals surface area contributed by atoms with Gasteiger partial charge in [0.25, 0.3) is 12.0 Å². The molecule has 0 bridgehead atoms. The number of H-pyrrole nitrogens is 2. The number of aromatic amines is 2.